The summed E-state index contributed by atoms with van der Waals surface area (Å²) in [5.74, 6) is -1.78. The summed E-state index contributed by atoms with van der Waals surface area (Å²) in [5, 5.41) is 11.6. The molecule has 2 aromatic carbocycles. The van der Waals surface area contributed by atoms with Crippen LogP contribution >= 0.6 is 11.8 Å². The van der Waals surface area contributed by atoms with Crippen molar-refractivity contribution in [1.29, 1.82) is 5.26 Å². The first-order chi connectivity index (χ1) is 16.1. The molecule has 3 aromatic rings. The molecule has 0 atom stereocenters. The summed E-state index contributed by atoms with van der Waals surface area (Å²) < 4.78 is 39.9. The number of aryl methyl sites for hydroxylation is 1. The fourth-order valence-corrected chi connectivity index (χ4v) is 4.50. The predicted octanol–water partition coefficient (Wildman–Crippen LogP) is 4.79. The molecule has 0 unspecified atom stereocenters. The van der Waals surface area contributed by atoms with E-state index in [2.05, 4.69) is 10.3 Å². The van der Waals surface area contributed by atoms with Gasteiger partial charge in [0.2, 0.25) is 5.91 Å². The van der Waals surface area contributed by atoms with Gasteiger partial charge in [0.15, 0.2) is 11.6 Å². The molecule has 1 aromatic heterocycles. The van der Waals surface area contributed by atoms with E-state index in [1.54, 1.807) is 18.2 Å². The van der Waals surface area contributed by atoms with Crippen LogP contribution in [0.4, 0.5) is 18.9 Å². The lowest BCUT2D eigenvalue weighted by Gasteiger charge is -2.20. The van der Waals surface area contributed by atoms with Crippen molar-refractivity contribution in [3.63, 3.8) is 0 Å². The predicted molar refractivity (Wildman–Crippen MR) is 118 cm³/mol. The van der Waals surface area contributed by atoms with E-state index in [1.165, 1.54) is 37.3 Å². The van der Waals surface area contributed by atoms with E-state index < -0.39 is 29.0 Å². The number of fused-ring (bicyclic) bond motifs is 2. The third kappa shape index (κ3) is 4.18. The third-order valence-corrected chi connectivity index (χ3v) is 6.07. The maximum Gasteiger partial charge on any atom is 0.417 e. The Morgan fingerprint density at radius 1 is 1.06 bits per heavy atom. The van der Waals surface area contributed by atoms with E-state index in [4.69, 9.17) is 0 Å². The van der Waals surface area contributed by atoms with Crippen molar-refractivity contribution >= 4 is 34.9 Å². The zero-order valence-corrected chi connectivity index (χ0v) is 18.3. The number of pyridine rings is 1. The van der Waals surface area contributed by atoms with Crippen LogP contribution < -0.4 is 5.32 Å². The van der Waals surface area contributed by atoms with Crippen molar-refractivity contribution in [2.24, 2.45) is 0 Å². The molecule has 170 valence electrons. The molecule has 0 fully saturated rings. The Hall–Kier alpha value is -3.97. The number of aromatic nitrogens is 1. The highest BCUT2D eigenvalue weighted by Crippen LogP contribution is 2.36. The minimum Gasteiger partial charge on any atom is -0.325 e. The van der Waals surface area contributed by atoms with Crippen LogP contribution in [0.5, 0.6) is 0 Å². The number of nitriles is 1. The summed E-state index contributed by atoms with van der Waals surface area (Å²) in [7, 11) is 0. The molecule has 6 nitrogen and oxygen atoms in total. The van der Waals surface area contributed by atoms with Crippen LogP contribution in [0.25, 0.3) is 0 Å². The number of nitrogens with one attached hydrogen (secondary N) is 1. The third-order valence-electron chi connectivity index (χ3n) is 5.10. The Balaban J connectivity index is 1.59. The van der Waals surface area contributed by atoms with Gasteiger partial charge < -0.3 is 5.32 Å². The number of hydrogen-bond acceptors (Lipinski definition) is 6. The summed E-state index contributed by atoms with van der Waals surface area (Å²) >= 11 is 0.673. The van der Waals surface area contributed by atoms with Gasteiger partial charge in [0.1, 0.15) is 11.1 Å². The fourth-order valence-electron chi connectivity index (χ4n) is 3.65. The SMILES string of the molecule is Cc1cc(C(F)(F)F)c(C#N)c(SCC(=O)Nc2cccc3c2C(=O)c2ccccc2C3=O)n1. The molecule has 0 aliphatic heterocycles. The number of carbonyl (C=O) groups excluding carboxylic acids is 3. The number of hydrogen-bond donors (Lipinski definition) is 1. The molecule has 0 radical (unpaired) electrons. The Labute approximate surface area is 195 Å². The Bertz CT molecular complexity index is 1410. The Kier molecular flexibility index (Phi) is 5.98. The second-order valence-electron chi connectivity index (χ2n) is 7.37. The summed E-state index contributed by atoms with van der Waals surface area (Å²) in [4.78, 5) is 42.4. The van der Waals surface area contributed by atoms with Crippen LogP contribution in [-0.2, 0) is 11.0 Å². The molecule has 4 rings (SSSR count). The second-order valence-corrected chi connectivity index (χ2v) is 8.33. The number of amides is 1. The average molecular weight is 481 g/mol. The number of carbonyl (C=O) groups is 3. The number of rotatable bonds is 4. The Morgan fingerprint density at radius 3 is 2.35 bits per heavy atom. The summed E-state index contributed by atoms with van der Waals surface area (Å²) in [6.07, 6.45) is -4.75. The first-order valence-corrected chi connectivity index (χ1v) is 10.8. The number of nitrogens with zero attached hydrogens (tertiary/aromatic N) is 2. The van der Waals surface area contributed by atoms with Crippen molar-refractivity contribution in [3.8, 4) is 6.07 Å². The highest BCUT2D eigenvalue weighted by Gasteiger charge is 2.36. The molecular formula is C24H14F3N3O3S. The fraction of sp³-hybridized carbons (Fsp3) is 0.125. The van der Waals surface area contributed by atoms with Crippen LogP contribution in [0.15, 0.2) is 53.6 Å². The zero-order chi connectivity index (χ0) is 24.6. The van der Waals surface area contributed by atoms with Gasteiger partial charge in [0.25, 0.3) is 0 Å². The van der Waals surface area contributed by atoms with Crippen molar-refractivity contribution in [2.45, 2.75) is 18.1 Å². The standard InChI is InChI=1S/C24H14F3N3O3S/c1-12-9-17(24(25,26)27)16(10-28)23(29-12)34-11-19(31)30-18-8-4-7-15-20(18)22(33)14-6-3-2-5-13(14)21(15)32/h2-9H,11H2,1H3,(H,30,31). The van der Waals surface area contributed by atoms with Crippen LogP contribution in [-0.4, -0.2) is 28.2 Å². The molecule has 0 bridgehead atoms. The molecule has 34 heavy (non-hydrogen) atoms. The normalized spacial score (nSPS) is 12.6. The van der Waals surface area contributed by atoms with Gasteiger partial charge in [-0.05, 0) is 19.1 Å². The van der Waals surface area contributed by atoms with E-state index in [0.29, 0.717) is 11.8 Å². The highest BCUT2D eigenvalue weighted by molar-refractivity contribution is 8.00. The van der Waals surface area contributed by atoms with E-state index in [9.17, 15) is 32.8 Å². The Morgan fingerprint density at radius 2 is 1.71 bits per heavy atom. The first kappa shape index (κ1) is 23.2. The lowest BCUT2D eigenvalue weighted by atomic mass is 9.83. The van der Waals surface area contributed by atoms with Gasteiger partial charge in [0, 0.05) is 22.4 Å². The van der Waals surface area contributed by atoms with Crippen molar-refractivity contribution < 1.29 is 27.6 Å². The maximum absolute atomic E-state index is 13.3. The second kappa shape index (κ2) is 8.76. The lowest BCUT2D eigenvalue weighted by molar-refractivity contribution is -0.138. The van der Waals surface area contributed by atoms with Crippen LogP contribution in [0.2, 0.25) is 0 Å². The molecule has 1 aliphatic carbocycles. The zero-order valence-electron chi connectivity index (χ0n) is 17.5. The number of anilines is 1. The van der Waals surface area contributed by atoms with E-state index >= 15 is 0 Å². The molecule has 0 saturated heterocycles. The lowest BCUT2D eigenvalue weighted by Crippen LogP contribution is -2.24. The average Bonchev–Trinajstić information content (AvgIpc) is 2.80. The van der Waals surface area contributed by atoms with E-state index in [0.717, 1.165) is 6.07 Å². The largest absolute Gasteiger partial charge is 0.417 e. The topological polar surface area (TPSA) is 99.9 Å². The number of thioether (sulfide) groups is 1. The van der Waals surface area contributed by atoms with Crippen molar-refractivity contribution in [3.05, 3.63) is 87.6 Å². The minimum atomic E-state index is -4.75. The van der Waals surface area contributed by atoms with Gasteiger partial charge in [-0.15, -0.1) is 0 Å². The quantitative estimate of drug-likeness (QED) is 0.421. The minimum absolute atomic E-state index is 0.0501. The summed E-state index contributed by atoms with van der Waals surface area (Å²) in [5.41, 5.74) is -0.923. The van der Waals surface area contributed by atoms with Crippen LogP contribution in [0, 0.1) is 18.3 Å². The van der Waals surface area contributed by atoms with Crippen LogP contribution in [0.1, 0.15) is 48.7 Å². The van der Waals surface area contributed by atoms with Gasteiger partial charge >= 0.3 is 6.18 Å². The number of ketones is 2. The van der Waals surface area contributed by atoms with Crippen molar-refractivity contribution in [1.82, 2.24) is 4.98 Å². The van der Waals surface area contributed by atoms with Gasteiger partial charge in [0.05, 0.1) is 28.1 Å². The number of benzene rings is 2. The first-order valence-electron chi connectivity index (χ1n) is 9.85. The van der Waals surface area contributed by atoms with Gasteiger partial charge in [-0.25, -0.2) is 4.98 Å². The van der Waals surface area contributed by atoms with E-state index in [1.807, 2.05) is 0 Å². The number of alkyl halides is 3. The highest BCUT2D eigenvalue weighted by atomic mass is 32.2. The monoisotopic (exact) mass is 481 g/mol. The number of halogens is 3. The van der Waals surface area contributed by atoms with E-state index in [-0.39, 0.29) is 50.2 Å². The molecular weight excluding hydrogens is 467 g/mol. The van der Waals surface area contributed by atoms with Gasteiger partial charge in [-0.3, -0.25) is 14.4 Å². The van der Waals surface area contributed by atoms with Gasteiger partial charge in [-0.1, -0.05) is 48.2 Å². The van der Waals surface area contributed by atoms with Crippen LogP contribution in [0.3, 0.4) is 0 Å². The molecule has 10 heteroatoms. The molecule has 0 saturated carbocycles. The van der Waals surface area contributed by atoms with Crippen molar-refractivity contribution in [2.75, 3.05) is 11.1 Å². The summed E-state index contributed by atoms with van der Waals surface area (Å²) in [6, 6.07) is 13.1. The molecule has 1 heterocycles. The molecule has 1 aliphatic rings. The molecule has 1 amide bonds. The summed E-state index contributed by atoms with van der Waals surface area (Å²) in [6.45, 7) is 1.36. The smallest absolute Gasteiger partial charge is 0.325 e. The van der Waals surface area contributed by atoms with Gasteiger partial charge in [-0.2, -0.15) is 18.4 Å². The molecule has 0 spiro atoms. The maximum atomic E-state index is 13.3. The molecule has 1 N–H and O–H groups in total.